The van der Waals surface area contributed by atoms with Gasteiger partial charge in [0.2, 0.25) is 0 Å². The number of H-pyrrole nitrogens is 1. The third kappa shape index (κ3) is 2.08. The summed E-state index contributed by atoms with van der Waals surface area (Å²) >= 11 is 0. The highest BCUT2D eigenvalue weighted by atomic mass is 16.3. The van der Waals surface area contributed by atoms with Gasteiger partial charge in [-0.2, -0.15) is 5.10 Å². The Kier molecular flexibility index (Phi) is 2.84. The lowest BCUT2D eigenvalue weighted by molar-refractivity contribution is 0.204. The number of benzene rings is 1. The summed E-state index contributed by atoms with van der Waals surface area (Å²) < 4.78 is 0. The minimum atomic E-state index is -0.325. The highest BCUT2D eigenvalue weighted by Gasteiger charge is 2.05. The van der Waals surface area contributed by atoms with E-state index < -0.39 is 0 Å². The summed E-state index contributed by atoms with van der Waals surface area (Å²) in [6, 6.07) is 5.36. The molecule has 0 spiro atoms. The average Bonchev–Trinajstić information content (AvgIpc) is 2.73. The number of aromatic nitrogens is 2. The number of nitrogens with zero attached hydrogens (tertiary/aromatic N) is 1. The molecular weight excluding hydrogens is 194 g/mol. The van der Waals surface area contributed by atoms with E-state index in [2.05, 4.69) is 15.5 Å². The van der Waals surface area contributed by atoms with Crippen molar-refractivity contribution < 1.29 is 10.2 Å². The predicted octanol–water partition coefficient (Wildman–Crippen LogP) is 0.328. The zero-order valence-corrected chi connectivity index (χ0v) is 8.14. The van der Waals surface area contributed by atoms with Gasteiger partial charge in [-0.3, -0.25) is 5.10 Å². The van der Waals surface area contributed by atoms with Gasteiger partial charge >= 0.3 is 0 Å². The lowest BCUT2D eigenvalue weighted by Gasteiger charge is -2.14. The molecule has 0 saturated carbocycles. The number of aromatic amines is 1. The van der Waals surface area contributed by atoms with E-state index >= 15 is 0 Å². The highest BCUT2D eigenvalue weighted by molar-refractivity contribution is 5.81. The zero-order chi connectivity index (χ0) is 10.7. The van der Waals surface area contributed by atoms with Gasteiger partial charge < -0.3 is 15.5 Å². The van der Waals surface area contributed by atoms with Gasteiger partial charge in [0.1, 0.15) is 0 Å². The minimum absolute atomic E-state index is 0.0973. The SMILES string of the molecule is OCC(CO)Nc1ccc2[nH]ncc2c1. The summed E-state index contributed by atoms with van der Waals surface area (Å²) in [5, 5.41) is 28.6. The van der Waals surface area contributed by atoms with Crippen LogP contribution in [0.15, 0.2) is 24.4 Å². The Morgan fingerprint density at radius 1 is 1.33 bits per heavy atom. The predicted molar refractivity (Wildman–Crippen MR) is 57.7 cm³/mol. The fourth-order valence-electron chi connectivity index (χ4n) is 1.42. The first-order valence-corrected chi connectivity index (χ1v) is 4.75. The first-order valence-electron chi connectivity index (χ1n) is 4.75. The maximum Gasteiger partial charge on any atom is 0.0723 e. The Morgan fingerprint density at radius 3 is 2.87 bits per heavy atom. The number of hydrogen-bond donors (Lipinski definition) is 4. The number of aliphatic hydroxyl groups is 2. The average molecular weight is 207 g/mol. The molecule has 0 aliphatic rings. The van der Waals surface area contributed by atoms with Crippen molar-refractivity contribution in [2.75, 3.05) is 18.5 Å². The van der Waals surface area contributed by atoms with Gasteiger partial charge in [0.25, 0.3) is 0 Å². The monoisotopic (exact) mass is 207 g/mol. The van der Waals surface area contributed by atoms with Gasteiger partial charge in [0, 0.05) is 11.1 Å². The van der Waals surface area contributed by atoms with Gasteiger partial charge in [-0.25, -0.2) is 0 Å². The molecule has 1 aromatic heterocycles. The van der Waals surface area contributed by atoms with Crippen LogP contribution in [0.3, 0.4) is 0 Å². The summed E-state index contributed by atoms with van der Waals surface area (Å²) in [6.45, 7) is -0.195. The standard InChI is InChI=1S/C10H13N3O2/c14-5-9(6-15)12-8-1-2-10-7(3-8)4-11-13-10/h1-4,9,12,14-15H,5-6H2,(H,11,13). The molecule has 0 amide bonds. The van der Waals surface area contributed by atoms with Crippen LogP contribution in [0.2, 0.25) is 0 Å². The van der Waals surface area contributed by atoms with Crippen LogP contribution in [0.1, 0.15) is 0 Å². The lowest BCUT2D eigenvalue weighted by Crippen LogP contribution is -2.27. The normalized spacial score (nSPS) is 11.1. The van der Waals surface area contributed by atoms with E-state index in [1.807, 2.05) is 18.2 Å². The van der Waals surface area contributed by atoms with Crippen LogP contribution >= 0.6 is 0 Å². The lowest BCUT2D eigenvalue weighted by atomic mass is 10.2. The van der Waals surface area contributed by atoms with Crippen molar-refractivity contribution in [1.29, 1.82) is 0 Å². The number of fused-ring (bicyclic) bond motifs is 1. The first kappa shape index (κ1) is 9.95. The molecule has 5 nitrogen and oxygen atoms in total. The highest BCUT2D eigenvalue weighted by Crippen LogP contribution is 2.17. The number of aliphatic hydroxyl groups excluding tert-OH is 2. The van der Waals surface area contributed by atoms with Crippen LogP contribution in [0.25, 0.3) is 10.9 Å². The quantitative estimate of drug-likeness (QED) is 0.582. The van der Waals surface area contributed by atoms with Crippen molar-refractivity contribution in [3.05, 3.63) is 24.4 Å². The zero-order valence-electron chi connectivity index (χ0n) is 8.14. The molecule has 2 aromatic rings. The van der Waals surface area contributed by atoms with E-state index in [9.17, 15) is 0 Å². The topological polar surface area (TPSA) is 81.2 Å². The molecule has 0 unspecified atom stereocenters. The molecule has 0 saturated heterocycles. The Bertz CT molecular complexity index is 437. The largest absolute Gasteiger partial charge is 0.394 e. The molecule has 1 heterocycles. The summed E-state index contributed by atoms with van der Waals surface area (Å²) in [5.41, 5.74) is 1.82. The van der Waals surface area contributed by atoms with Crippen LogP contribution in [0.4, 0.5) is 5.69 Å². The van der Waals surface area contributed by atoms with Gasteiger partial charge in [-0.15, -0.1) is 0 Å². The molecule has 0 fully saturated rings. The second kappa shape index (κ2) is 4.29. The number of hydrogen-bond acceptors (Lipinski definition) is 4. The van der Waals surface area contributed by atoms with Crippen LogP contribution in [-0.4, -0.2) is 39.7 Å². The smallest absolute Gasteiger partial charge is 0.0723 e. The summed E-state index contributed by atoms with van der Waals surface area (Å²) in [5.74, 6) is 0. The van der Waals surface area contributed by atoms with Crippen LogP contribution < -0.4 is 5.32 Å². The Labute approximate surface area is 86.7 Å². The molecule has 1 aromatic carbocycles. The summed E-state index contributed by atoms with van der Waals surface area (Å²) in [4.78, 5) is 0. The van der Waals surface area contributed by atoms with E-state index in [0.717, 1.165) is 16.6 Å². The minimum Gasteiger partial charge on any atom is -0.394 e. The van der Waals surface area contributed by atoms with Gasteiger partial charge in [0.05, 0.1) is 31.0 Å². The number of anilines is 1. The Hall–Kier alpha value is -1.59. The molecule has 80 valence electrons. The van der Waals surface area contributed by atoms with Gasteiger partial charge in [-0.1, -0.05) is 0 Å². The number of rotatable bonds is 4. The molecule has 0 aliphatic heterocycles. The third-order valence-corrected chi connectivity index (χ3v) is 2.25. The maximum atomic E-state index is 8.92. The molecule has 4 N–H and O–H groups in total. The van der Waals surface area contributed by atoms with Crippen molar-refractivity contribution >= 4 is 16.6 Å². The molecule has 0 aliphatic carbocycles. The van der Waals surface area contributed by atoms with Gasteiger partial charge in [-0.05, 0) is 18.2 Å². The van der Waals surface area contributed by atoms with Crippen LogP contribution in [0.5, 0.6) is 0 Å². The van der Waals surface area contributed by atoms with Crippen LogP contribution in [-0.2, 0) is 0 Å². The van der Waals surface area contributed by atoms with Crippen molar-refractivity contribution in [3.8, 4) is 0 Å². The second-order valence-corrected chi connectivity index (χ2v) is 3.38. The van der Waals surface area contributed by atoms with E-state index in [4.69, 9.17) is 10.2 Å². The fourth-order valence-corrected chi connectivity index (χ4v) is 1.42. The maximum absolute atomic E-state index is 8.92. The molecule has 0 radical (unpaired) electrons. The molecule has 15 heavy (non-hydrogen) atoms. The Balaban J connectivity index is 2.20. The molecule has 2 rings (SSSR count). The van der Waals surface area contributed by atoms with Crippen molar-refractivity contribution in [2.24, 2.45) is 0 Å². The third-order valence-electron chi connectivity index (χ3n) is 2.25. The van der Waals surface area contributed by atoms with Crippen molar-refractivity contribution in [1.82, 2.24) is 10.2 Å². The molecule has 0 atom stereocenters. The van der Waals surface area contributed by atoms with E-state index in [-0.39, 0.29) is 19.3 Å². The molecule has 0 bridgehead atoms. The van der Waals surface area contributed by atoms with E-state index in [1.54, 1.807) is 6.20 Å². The van der Waals surface area contributed by atoms with Gasteiger partial charge in [0.15, 0.2) is 0 Å². The molecule has 5 heteroatoms. The molecular formula is C10H13N3O2. The van der Waals surface area contributed by atoms with Crippen molar-refractivity contribution in [3.63, 3.8) is 0 Å². The van der Waals surface area contributed by atoms with Crippen molar-refractivity contribution in [2.45, 2.75) is 6.04 Å². The van der Waals surface area contributed by atoms with E-state index in [0.29, 0.717) is 0 Å². The summed E-state index contributed by atoms with van der Waals surface area (Å²) in [7, 11) is 0. The second-order valence-electron chi connectivity index (χ2n) is 3.38. The first-order chi connectivity index (χ1) is 7.33. The number of nitrogens with one attached hydrogen (secondary N) is 2. The summed E-state index contributed by atoms with van der Waals surface area (Å²) in [6.07, 6.45) is 1.73. The van der Waals surface area contributed by atoms with E-state index in [1.165, 1.54) is 0 Å². The Morgan fingerprint density at radius 2 is 2.13 bits per heavy atom. The fraction of sp³-hybridized carbons (Fsp3) is 0.300. The van der Waals surface area contributed by atoms with Crippen LogP contribution in [0, 0.1) is 0 Å².